The number of nitrogens with zero attached hydrogens (tertiary/aromatic N) is 5. The first kappa shape index (κ1) is 15.3. The molecule has 5 nitrogen and oxygen atoms in total. The lowest BCUT2D eigenvalue weighted by molar-refractivity contribution is 0.781. The highest BCUT2D eigenvalue weighted by molar-refractivity contribution is 7.99. The summed E-state index contributed by atoms with van der Waals surface area (Å²) < 4.78 is 0. The Balaban J connectivity index is 2.31. The van der Waals surface area contributed by atoms with Crippen molar-refractivity contribution in [2.24, 2.45) is 0 Å². The van der Waals surface area contributed by atoms with Crippen LogP contribution < -0.4 is 4.90 Å². The first-order chi connectivity index (χ1) is 9.63. The fourth-order valence-electron chi connectivity index (χ4n) is 1.55. The standard InChI is InChI=1S/C12H13Cl2N5S/c1-3-19(4-2)11-16-10(14)17-12(18-11)20-9-8(13)6-5-7-15-9/h5-7H,3-4H2,1-2H3. The van der Waals surface area contributed by atoms with Crippen molar-refractivity contribution in [1.82, 2.24) is 19.9 Å². The fraction of sp³-hybridized carbons (Fsp3) is 0.333. The number of hydrogen-bond acceptors (Lipinski definition) is 6. The van der Waals surface area contributed by atoms with Crippen molar-refractivity contribution in [3.05, 3.63) is 28.6 Å². The molecular formula is C12H13Cl2N5S. The highest BCUT2D eigenvalue weighted by atomic mass is 35.5. The largest absolute Gasteiger partial charge is 0.341 e. The lowest BCUT2D eigenvalue weighted by atomic mass is 10.5. The number of pyridine rings is 1. The van der Waals surface area contributed by atoms with E-state index in [1.807, 2.05) is 18.7 Å². The normalized spacial score (nSPS) is 10.6. The second kappa shape index (κ2) is 7.06. The highest BCUT2D eigenvalue weighted by Crippen LogP contribution is 2.30. The van der Waals surface area contributed by atoms with Crippen LogP contribution in [0.1, 0.15) is 13.8 Å². The molecule has 0 aliphatic heterocycles. The zero-order valence-corrected chi connectivity index (χ0v) is 13.4. The Kier molecular flexibility index (Phi) is 5.39. The van der Waals surface area contributed by atoms with E-state index in [9.17, 15) is 0 Å². The van der Waals surface area contributed by atoms with E-state index < -0.39 is 0 Å². The minimum Gasteiger partial charge on any atom is -0.341 e. The maximum absolute atomic E-state index is 6.07. The van der Waals surface area contributed by atoms with Crippen LogP contribution in [0.5, 0.6) is 0 Å². The predicted molar refractivity (Wildman–Crippen MR) is 81.8 cm³/mol. The molecular weight excluding hydrogens is 317 g/mol. The molecule has 0 atom stereocenters. The molecule has 2 aromatic rings. The van der Waals surface area contributed by atoms with Gasteiger partial charge >= 0.3 is 0 Å². The molecule has 0 radical (unpaired) electrons. The average molecular weight is 330 g/mol. The van der Waals surface area contributed by atoms with Gasteiger partial charge in [-0.3, -0.25) is 0 Å². The number of hydrogen-bond donors (Lipinski definition) is 0. The summed E-state index contributed by atoms with van der Waals surface area (Å²) in [7, 11) is 0. The van der Waals surface area contributed by atoms with Gasteiger partial charge < -0.3 is 4.90 Å². The van der Waals surface area contributed by atoms with Crippen LogP contribution in [0.3, 0.4) is 0 Å². The Morgan fingerprint density at radius 3 is 2.55 bits per heavy atom. The van der Waals surface area contributed by atoms with Gasteiger partial charge in [-0.2, -0.15) is 15.0 Å². The van der Waals surface area contributed by atoms with E-state index in [4.69, 9.17) is 23.2 Å². The molecule has 0 spiro atoms. The third-order valence-electron chi connectivity index (χ3n) is 2.53. The van der Waals surface area contributed by atoms with Gasteiger partial charge in [-0.05, 0) is 49.3 Å². The van der Waals surface area contributed by atoms with Gasteiger partial charge in [0, 0.05) is 19.3 Å². The van der Waals surface area contributed by atoms with Gasteiger partial charge in [0.25, 0.3) is 0 Å². The smallest absolute Gasteiger partial charge is 0.230 e. The highest BCUT2D eigenvalue weighted by Gasteiger charge is 2.12. The minimum absolute atomic E-state index is 0.163. The fourth-order valence-corrected chi connectivity index (χ4v) is 2.70. The monoisotopic (exact) mass is 329 g/mol. The van der Waals surface area contributed by atoms with Crippen LogP contribution >= 0.6 is 35.0 Å². The third kappa shape index (κ3) is 3.71. The Morgan fingerprint density at radius 1 is 1.15 bits per heavy atom. The van der Waals surface area contributed by atoms with E-state index in [0.717, 1.165) is 13.1 Å². The third-order valence-corrected chi connectivity index (χ3v) is 4.00. The van der Waals surface area contributed by atoms with Gasteiger partial charge in [-0.15, -0.1) is 0 Å². The van der Waals surface area contributed by atoms with Crippen molar-refractivity contribution >= 4 is 40.9 Å². The molecule has 0 bridgehead atoms. The average Bonchev–Trinajstić information content (AvgIpc) is 2.42. The number of halogens is 2. The molecule has 0 aliphatic rings. The molecule has 0 amide bonds. The molecule has 0 saturated heterocycles. The summed E-state index contributed by atoms with van der Waals surface area (Å²) in [6, 6.07) is 3.54. The van der Waals surface area contributed by atoms with Crippen LogP contribution in [0, 0.1) is 0 Å². The summed E-state index contributed by atoms with van der Waals surface area (Å²) in [6.45, 7) is 5.66. The number of aromatic nitrogens is 4. The van der Waals surface area contributed by atoms with E-state index in [0.29, 0.717) is 21.2 Å². The molecule has 0 aliphatic carbocycles. The Morgan fingerprint density at radius 2 is 1.90 bits per heavy atom. The Labute approximate surface area is 131 Å². The van der Waals surface area contributed by atoms with Crippen LogP contribution in [0.15, 0.2) is 28.5 Å². The molecule has 106 valence electrons. The van der Waals surface area contributed by atoms with E-state index >= 15 is 0 Å². The van der Waals surface area contributed by atoms with E-state index in [2.05, 4.69) is 19.9 Å². The topological polar surface area (TPSA) is 54.8 Å². The van der Waals surface area contributed by atoms with Crippen LogP contribution in [-0.4, -0.2) is 33.0 Å². The van der Waals surface area contributed by atoms with E-state index in [1.165, 1.54) is 11.8 Å². The van der Waals surface area contributed by atoms with Gasteiger partial charge in [0.1, 0.15) is 5.03 Å². The second-order valence-electron chi connectivity index (χ2n) is 3.75. The van der Waals surface area contributed by atoms with Crippen LogP contribution in [0.4, 0.5) is 5.95 Å². The van der Waals surface area contributed by atoms with E-state index in [-0.39, 0.29) is 5.28 Å². The van der Waals surface area contributed by atoms with Crippen molar-refractivity contribution in [3.8, 4) is 0 Å². The molecule has 2 rings (SSSR count). The van der Waals surface area contributed by atoms with Gasteiger partial charge in [-0.25, -0.2) is 4.98 Å². The van der Waals surface area contributed by atoms with Crippen LogP contribution in [0.2, 0.25) is 10.3 Å². The maximum atomic E-state index is 6.07. The molecule has 0 N–H and O–H groups in total. The SMILES string of the molecule is CCN(CC)c1nc(Cl)nc(Sc2ncccc2Cl)n1. The number of anilines is 1. The van der Waals surface area contributed by atoms with E-state index in [1.54, 1.807) is 18.3 Å². The van der Waals surface area contributed by atoms with Crippen molar-refractivity contribution in [3.63, 3.8) is 0 Å². The molecule has 0 aromatic carbocycles. The zero-order chi connectivity index (χ0) is 14.5. The summed E-state index contributed by atoms with van der Waals surface area (Å²) in [5.74, 6) is 0.560. The van der Waals surface area contributed by atoms with Crippen LogP contribution in [-0.2, 0) is 0 Å². The summed E-state index contributed by atoms with van der Waals surface area (Å²) in [4.78, 5) is 18.8. The van der Waals surface area contributed by atoms with Crippen molar-refractivity contribution < 1.29 is 0 Å². The van der Waals surface area contributed by atoms with Crippen LogP contribution in [0.25, 0.3) is 0 Å². The first-order valence-electron chi connectivity index (χ1n) is 6.09. The summed E-state index contributed by atoms with van der Waals surface area (Å²) in [5, 5.41) is 1.84. The molecule has 2 heterocycles. The summed E-state index contributed by atoms with van der Waals surface area (Å²) >= 11 is 13.3. The molecule has 0 saturated carbocycles. The summed E-state index contributed by atoms with van der Waals surface area (Å²) in [5.41, 5.74) is 0. The van der Waals surface area contributed by atoms with Crippen molar-refractivity contribution in [2.45, 2.75) is 24.0 Å². The molecule has 0 fully saturated rings. The first-order valence-corrected chi connectivity index (χ1v) is 7.66. The maximum Gasteiger partial charge on any atom is 0.230 e. The lowest BCUT2D eigenvalue weighted by Gasteiger charge is -2.18. The Hall–Kier alpha value is -1.11. The predicted octanol–water partition coefficient (Wildman–Crippen LogP) is 3.57. The lowest BCUT2D eigenvalue weighted by Crippen LogP contribution is -2.24. The van der Waals surface area contributed by atoms with Gasteiger partial charge in [0.15, 0.2) is 5.16 Å². The second-order valence-corrected chi connectivity index (χ2v) is 5.45. The molecule has 0 unspecified atom stereocenters. The zero-order valence-electron chi connectivity index (χ0n) is 11.0. The molecule has 2 aromatic heterocycles. The Bertz CT molecular complexity index is 592. The van der Waals surface area contributed by atoms with Gasteiger partial charge in [0.2, 0.25) is 11.2 Å². The van der Waals surface area contributed by atoms with Crippen molar-refractivity contribution in [1.29, 1.82) is 0 Å². The van der Waals surface area contributed by atoms with Gasteiger partial charge in [-0.1, -0.05) is 11.6 Å². The molecule has 8 heteroatoms. The van der Waals surface area contributed by atoms with Gasteiger partial charge in [0.05, 0.1) is 5.02 Å². The summed E-state index contributed by atoms with van der Waals surface area (Å²) in [6.07, 6.45) is 1.67. The minimum atomic E-state index is 0.163. The van der Waals surface area contributed by atoms with Crippen molar-refractivity contribution in [2.75, 3.05) is 18.0 Å². The molecule has 20 heavy (non-hydrogen) atoms. The quantitative estimate of drug-likeness (QED) is 0.835. The number of rotatable bonds is 5.